The predicted octanol–water partition coefficient (Wildman–Crippen LogP) is 1.50. The van der Waals surface area contributed by atoms with E-state index in [0.29, 0.717) is 5.56 Å². The molecule has 0 saturated carbocycles. The standard InChI is InChI=1S/C17H22N4O4/c1-12-10-13(25-19-12)11-20-6-8-21(9-7-20)15-5-4-14(17(22)24-3)16(18-15)23-2/h4-5,10H,6-9,11H2,1-3H3. The van der Waals surface area contributed by atoms with Crippen LogP contribution in [0.4, 0.5) is 5.82 Å². The molecule has 1 aliphatic heterocycles. The number of hydrogen-bond acceptors (Lipinski definition) is 8. The Hall–Kier alpha value is -2.61. The highest BCUT2D eigenvalue weighted by Crippen LogP contribution is 2.23. The molecule has 0 atom stereocenters. The largest absolute Gasteiger partial charge is 0.480 e. The fraction of sp³-hybridized carbons (Fsp3) is 0.471. The van der Waals surface area contributed by atoms with Crippen LogP contribution < -0.4 is 9.64 Å². The van der Waals surface area contributed by atoms with Crippen molar-refractivity contribution in [3.05, 3.63) is 35.2 Å². The molecule has 0 aromatic carbocycles. The molecule has 0 N–H and O–H groups in total. The Morgan fingerprint density at radius 2 is 2.00 bits per heavy atom. The molecule has 0 amide bonds. The minimum absolute atomic E-state index is 0.281. The molecule has 25 heavy (non-hydrogen) atoms. The number of hydrogen-bond donors (Lipinski definition) is 0. The van der Waals surface area contributed by atoms with Gasteiger partial charge in [0.15, 0.2) is 5.76 Å². The Balaban J connectivity index is 1.63. The first-order chi connectivity index (χ1) is 12.1. The summed E-state index contributed by atoms with van der Waals surface area (Å²) in [7, 11) is 2.83. The summed E-state index contributed by atoms with van der Waals surface area (Å²) in [6, 6.07) is 5.48. The summed E-state index contributed by atoms with van der Waals surface area (Å²) in [5.41, 5.74) is 1.23. The SMILES string of the molecule is COC(=O)c1ccc(N2CCN(Cc3cc(C)no3)CC2)nc1OC. The van der Waals surface area contributed by atoms with Crippen LogP contribution in [0.2, 0.25) is 0 Å². The number of ether oxygens (including phenoxy) is 2. The van der Waals surface area contributed by atoms with Gasteiger partial charge >= 0.3 is 5.97 Å². The van der Waals surface area contributed by atoms with Gasteiger partial charge in [0.1, 0.15) is 11.4 Å². The minimum atomic E-state index is -0.455. The van der Waals surface area contributed by atoms with Crippen LogP contribution in [-0.2, 0) is 11.3 Å². The number of anilines is 1. The highest BCUT2D eigenvalue weighted by molar-refractivity contribution is 5.92. The number of aromatic nitrogens is 2. The molecular formula is C17H22N4O4. The first kappa shape index (κ1) is 17.2. The van der Waals surface area contributed by atoms with Gasteiger partial charge in [-0.15, -0.1) is 0 Å². The van der Waals surface area contributed by atoms with Crippen molar-refractivity contribution in [1.82, 2.24) is 15.0 Å². The highest BCUT2D eigenvalue weighted by atomic mass is 16.5. The first-order valence-electron chi connectivity index (χ1n) is 8.13. The monoisotopic (exact) mass is 346 g/mol. The molecule has 0 bridgehead atoms. The van der Waals surface area contributed by atoms with E-state index in [4.69, 9.17) is 14.0 Å². The average Bonchev–Trinajstić information content (AvgIpc) is 3.06. The van der Waals surface area contributed by atoms with Gasteiger partial charge in [0.25, 0.3) is 0 Å². The molecular weight excluding hydrogens is 324 g/mol. The second-order valence-corrected chi connectivity index (χ2v) is 5.92. The van der Waals surface area contributed by atoms with E-state index in [9.17, 15) is 4.79 Å². The Labute approximate surface area is 146 Å². The zero-order valence-electron chi connectivity index (χ0n) is 14.7. The molecule has 0 spiro atoms. The van der Waals surface area contributed by atoms with Crippen molar-refractivity contribution >= 4 is 11.8 Å². The summed E-state index contributed by atoms with van der Waals surface area (Å²) >= 11 is 0. The highest BCUT2D eigenvalue weighted by Gasteiger charge is 2.22. The molecule has 3 rings (SSSR count). The van der Waals surface area contributed by atoms with Gasteiger partial charge in [0.2, 0.25) is 5.88 Å². The zero-order valence-corrected chi connectivity index (χ0v) is 14.7. The van der Waals surface area contributed by atoms with Crippen LogP contribution in [-0.4, -0.2) is 61.4 Å². The van der Waals surface area contributed by atoms with E-state index in [-0.39, 0.29) is 5.88 Å². The molecule has 1 aliphatic rings. The number of piperazine rings is 1. The molecule has 2 aromatic heterocycles. The number of esters is 1. The van der Waals surface area contributed by atoms with Crippen LogP contribution in [0.1, 0.15) is 21.8 Å². The van der Waals surface area contributed by atoms with E-state index in [1.165, 1.54) is 14.2 Å². The van der Waals surface area contributed by atoms with Gasteiger partial charge in [-0.2, -0.15) is 4.98 Å². The van der Waals surface area contributed by atoms with Crippen molar-refractivity contribution in [2.45, 2.75) is 13.5 Å². The van der Waals surface area contributed by atoms with Crippen LogP contribution in [0.5, 0.6) is 5.88 Å². The fourth-order valence-electron chi connectivity index (χ4n) is 2.87. The number of rotatable bonds is 5. The van der Waals surface area contributed by atoms with Gasteiger partial charge in [-0.3, -0.25) is 4.90 Å². The summed E-state index contributed by atoms with van der Waals surface area (Å²) in [6.45, 7) is 6.13. The molecule has 3 heterocycles. The Morgan fingerprint density at radius 3 is 2.60 bits per heavy atom. The van der Waals surface area contributed by atoms with E-state index in [2.05, 4.69) is 19.9 Å². The van der Waals surface area contributed by atoms with Gasteiger partial charge in [-0.25, -0.2) is 4.79 Å². The zero-order chi connectivity index (χ0) is 17.8. The number of pyridine rings is 1. The molecule has 8 heteroatoms. The maximum atomic E-state index is 11.7. The summed E-state index contributed by atoms with van der Waals surface area (Å²) in [6.07, 6.45) is 0. The van der Waals surface area contributed by atoms with Crippen molar-refractivity contribution in [3.63, 3.8) is 0 Å². The van der Waals surface area contributed by atoms with Crippen LogP contribution in [0, 0.1) is 6.92 Å². The molecule has 0 radical (unpaired) electrons. The Morgan fingerprint density at radius 1 is 1.24 bits per heavy atom. The molecule has 2 aromatic rings. The quantitative estimate of drug-likeness (QED) is 0.754. The Kier molecular flexibility index (Phi) is 5.18. The molecule has 8 nitrogen and oxygen atoms in total. The lowest BCUT2D eigenvalue weighted by molar-refractivity contribution is 0.0596. The second kappa shape index (κ2) is 7.52. The topological polar surface area (TPSA) is 80.9 Å². The van der Waals surface area contributed by atoms with Crippen LogP contribution in [0.15, 0.2) is 22.7 Å². The molecule has 1 saturated heterocycles. The number of carbonyl (C=O) groups is 1. The van der Waals surface area contributed by atoms with E-state index in [0.717, 1.165) is 50.0 Å². The maximum Gasteiger partial charge on any atom is 0.343 e. The summed E-state index contributed by atoms with van der Waals surface area (Å²) < 4.78 is 15.3. The second-order valence-electron chi connectivity index (χ2n) is 5.92. The van der Waals surface area contributed by atoms with Crippen molar-refractivity contribution in [2.75, 3.05) is 45.3 Å². The smallest absolute Gasteiger partial charge is 0.343 e. The number of nitrogens with zero attached hydrogens (tertiary/aromatic N) is 4. The third-order valence-electron chi connectivity index (χ3n) is 4.20. The fourth-order valence-corrected chi connectivity index (χ4v) is 2.87. The van der Waals surface area contributed by atoms with Crippen molar-refractivity contribution in [1.29, 1.82) is 0 Å². The van der Waals surface area contributed by atoms with E-state index in [1.807, 2.05) is 19.1 Å². The lowest BCUT2D eigenvalue weighted by Crippen LogP contribution is -2.46. The summed E-state index contributed by atoms with van der Waals surface area (Å²) in [4.78, 5) is 20.7. The van der Waals surface area contributed by atoms with Gasteiger partial charge in [0, 0.05) is 32.2 Å². The van der Waals surface area contributed by atoms with Crippen LogP contribution in [0.25, 0.3) is 0 Å². The first-order valence-corrected chi connectivity index (χ1v) is 8.13. The van der Waals surface area contributed by atoms with E-state index in [1.54, 1.807) is 6.07 Å². The molecule has 1 fully saturated rings. The molecule has 134 valence electrons. The van der Waals surface area contributed by atoms with Crippen molar-refractivity contribution in [3.8, 4) is 5.88 Å². The normalized spacial score (nSPS) is 15.2. The molecule has 0 aliphatic carbocycles. The lowest BCUT2D eigenvalue weighted by atomic mass is 10.2. The number of aryl methyl sites for hydroxylation is 1. The lowest BCUT2D eigenvalue weighted by Gasteiger charge is -2.35. The average molecular weight is 346 g/mol. The maximum absolute atomic E-state index is 11.7. The van der Waals surface area contributed by atoms with Crippen molar-refractivity contribution in [2.24, 2.45) is 0 Å². The minimum Gasteiger partial charge on any atom is -0.480 e. The third-order valence-corrected chi connectivity index (χ3v) is 4.20. The van der Waals surface area contributed by atoms with Gasteiger partial charge in [-0.1, -0.05) is 5.16 Å². The van der Waals surface area contributed by atoms with E-state index < -0.39 is 5.97 Å². The number of carbonyl (C=O) groups excluding carboxylic acids is 1. The van der Waals surface area contributed by atoms with Crippen LogP contribution in [0.3, 0.4) is 0 Å². The summed E-state index contributed by atoms with van der Waals surface area (Å²) in [5, 5.41) is 3.92. The predicted molar refractivity (Wildman–Crippen MR) is 90.9 cm³/mol. The van der Waals surface area contributed by atoms with Crippen molar-refractivity contribution < 1.29 is 18.8 Å². The van der Waals surface area contributed by atoms with E-state index >= 15 is 0 Å². The van der Waals surface area contributed by atoms with Gasteiger partial charge in [-0.05, 0) is 19.1 Å². The molecule has 0 unspecified atom stereocenters. The number of methoxy groups -OCH3 is 2. The Bertz CT molecular complexity index is 738. The van der Waals surface area contributed by atoms with Gasteiger partial charge in [0.05, 0.1) is 26.5 Å². The van der Waals surface area contributed by atoms with Crippen LogP contribution >= 0.6 is 0 Å². The third kappa shape index (κ3) is 3.90. The van der Waals surface area contributed by atoms with Gasteiger partial charge < -0.3 is 18.9 Å². The summed E-state index contributed by atoms with van der Waals surface area (Å²) in [5.74, 6) is 1.50.